The summed E-state index contributed by atoms with van der Waals surface area (Å²) in [4.78, 5) is 0. The largest absolute Gasteiger partial charge is 0.488 e. The minimum Gasteiger partial charge on any atom is -0.488 e. The Kier molecular flexibility index (Phi) is 7.93. The Balaban J connectivity index is 1.27. The fourth-order valence-electron chi connectivity index (χ4n) is 5.90. The first-order valence-corrected chi connectivity index (χ1v) is 13.0. The summed E-state index contributed by atoms with van der Waals surface area (Å²) in [6, 6.07) is 17.1. The zero-order valence-electron chi connectivity index (χ0n) is 18.5. The predicted octanol–water partition coefficient (Wildman–Crippen LogP) is 8.91. The zero-order valence-corrected chi connectivity index (χ0v) is 20.1. The average molecular weight is 470 g/mol. The van der Waals surface area contributed by atoms with Gasteiger partial charge in [-0.05, 0) is 101 Å². The number of benzene rings is 2. The Morgan fingerprint density at radius 2 is 1.50 bits per heavy atom. The van der Waals surface area contributed by atoms with E-state index in [-0.39, 0.29) is 0 Å². The molecule has 0 atom stereocenters. The maximum atomic E-state index is 6.04. The van der Waals surface area contributed by atoms with E-state index >= 15 is 0 Å². The van der Waals surface area contributed by atoms with Crippen molar-refractivity contribution in [3.63, 3.8) is 0 Å². The Morgan fingerprint density at radius 1 is 0.833 bits per heavy atom. The van der Waals surface area contributed by atoms with Gasteiger partial charge in [0.1, 0.15) is 12.4 Å². The lowest BCUT2D eigenvalue weighted by Gasteiger charge is -2.38. The van der Waals surface area contributed by atoms with Crippen LogP contribution in [0.25, 0.3) is 0 Å². The molecule has 0 heterocycles. The molecular weight excluding hydrogens is 432 g/mol. The van der Waals surface area contributed by atoms with Crippen LogP contribution >= 0.6 is 15.9 Å². The van der Waals surface area contributed by atoms with Crippen LogP contribution in [0.3, 0.4) is 0 Å². The van der Waals surface area contributed by atoms with Crippen molar-refractivity contribution in [2.24, 2.45) is 17.8 Å². The van der Waals surface area contributed by atoms with Gasteiger partial charge < -0.3 is 4.74 Å². The molecule has 1 nitrogen and oxygen atoms in total. The normalized spacial score (nSPS) is 27.0. The van der Waals surface area contributed by atoms with E-state index in [1.165, 1.54) is 75.3 Å². The molecule has 2 aliphatic rings. The summed E-state index contributed by atoms with van der Waals surface area (Å²) >= 11 is 3.76. The van der Waals surface area contributed by atoms with Gasteiger partial charge in [0.2, 0.25) is 0 Å². The van der Waals surface area contributed by atoms with Crippen LogP contribution in [0.4, 0.5) is 0 Å². The topological polar surface area (TPSA) is 9.23 Å². The first-order chi connectivity index (χ1) is 14.7. The second-order valence-electron chi connectivity index (χ2n) is 9.65. The predicted molar refractivity (Wildman–Crippen MR) is 130 cm³/mol. The monoisotopic (exact) mass is 468 g/mol. The van der Waals surface area contributed by atoms with Gasteiger partial charge in [0.15, 0.2) is 0 Å². The van der Waals surface area contributed by atoms with Crippen molar-refractivity contribution in [2.75, 3.05) is 0 Å². The maximum Gasteiger partial charge on any atom is 0.134 e. The third-order valence-electron chi connectivity index (χ3n) is 7.69. The van der Waals surface area contributed by atoms with E-state index < -0.39 is 0 Å². The van der Waals surface area contributed by atoms with Gasteiger partial charge in [-0.3, -0.25) is 0 Å². The number of ether oxygens (including phenoxy) is 1. The van der Waals surface area contributed by atoms with E-state index in [1.54, 1.807) is 0 Å². The molecular formula is C28H37BrO. The number of halogens is 1. The van der Waals surface area contributed by atoms with Crippen LogP contribution in [0, 0.1) is 17.8 Å². The molecule has 0 unspecified atom stereocenters. The Morgan fingerprint density at radius 3 is 2.13 bits per heavy atom. The molecule has 0 spiro atoms. The molecule has 30 heavy (non-hydrogen) atoms. The summed E-state index contributed by atoms with van der Waals surface area (Å²) in [5.41, 5.74) is 2.69. The molecule has 162 valence electrons. The highest BCUT2D eigenvalue weighted by Gasteiger charge is 2.31. The summed E-state index contributed by atoms with van der Waals surface area (Å²) < 4.78 is 7.13. The van der Waals surface area contributed by atoms with Crippen LogP contribution in [0.15, 0.2) is 53.0 Å². The molecule has 0 N–H and O–H groups in total. The van der Waals surface area contributed by atoms with Crippen LogP contribution in [0.2, 0.25) is 0 Å². The van der Waals surface area contributed by atoms with E-state index in [1.807, 2.05) is 6.07 Å². The summed E-state index contributed by atoms with van der Waals surface area (Å²) in [5, 5.41) is 0. The summed E-state index contributed by atoms with van der Waals surface area (Å²) in [5.74, 6) is 4.69. The van der Waals surface area contributed by atoms with Gasteiger partial charge in [-0.2, -0.15) is 0 Å². The molecule has 2 fully saturated rings. The van der Waals surface area contributed by atoms with Crippen LogP contribution < -0.4 is 4.74 Å². The van der Waals surface area contributed by atoms with E-state index in [0.717, 1.165) is 33.9 Å². The quantitative estimate of drug-likeness (QED) is 0.393. The van der Waals surface area contributed by atoms with Crippen LogP contribution in [-0.4, -0.2) is 0 Å². The third-order valence-corrected chi connectivity index (χ3v) is 8.31. The molecule has 2 aromatic carbocycles. The summed E-state index contributed by atoms with van der Waals surface area (Å²) in [6.45, 7) is 2.96. The fraction of sp³-hybridized carbons (Fsp3) is 0.571. The zero-order chi connectivity index (χ0) is 20.8. The highest BCUT2D eigenvalue weighted by atomic mass is 79.9. The van der Waals surface area contributed by atoms with E-state index in [4.69, 9.17) is 4.74 Å². The Labute approximate surface area is 191 Å². The van der Waals surface area contributed by atoms with E-state index in [9.17, 15) is 0 Å². The average Bonchev–Trinajstić information content (AvgIpc) is 2.80. The van der Waals surface area contributed by atoms with E-state index in [0.29, 0.717) is 6.61 Å². The molecule has 2 aliphatic carbocycles. The molecule has 0 aromatic heterocycles. The molecule has 2 saturated carbocycles. The molecule has 0 radical (unpaired) electrons. The number of hydrogen-bond donors (Lipinski definition) is 0. The van der Waals surface area contributed by atoms with Crippen molar-refractivity contribution in [3.8, 4) is 5.75 Å². The van der Waals surface area contributed by atoms with Crippen LogP contribution in [-0.2, 0) is 6.61 Å². The second kappa shape index (κ2) is 10.8. The third kappa shape index (κ3) is 5.69. The Hall–Kier alpha value is -1.28. The van der Waals surface area contributed by atoms with Crippen molar-refractivity contribution >= 4 is 15.9 Å². The second-order valence-corrected chi connectivity index (χ2v) is 10.5. The van der Waals surface area contributed by atoms with Gasteiger partial charge in [0.25, 0.3) is 0 Å². The molecule has 0 saturated heterocycles. The maximum absolute atomic E-state index is 6.04. The van der Waals surface area contributed by atoms with Gasteiger partial charge in [-0.25, -0.2) is 0 Å². The first-order valence-electron chi connectivity index (χ1n) is 12.2. The van der Waals surface area contributed by atoms with Crippen molar-refractivity contribution in [2.45, 2.75) is 83.7 Å². The van der Waals surface area contributed by atoms with Gasteiger partial charge in [0.05, 0.1) is 4.47 Å². The molecule has 4 rings (SSSR count). The van der Waals surface area contributed by atoms with Crippen LogP contribution in [0.5, 0.6) is 5.75 Å². The lowest BCUT2D eigenvalue weighted by Crippen LogP contribution is -2.25. The standard InChI is InChI=1S/C28H37BrO/c1-2-6-21-9-11-23(12-10-21)24-13-15-25(16-14-24)26-17-18-28(27(29)19-26)30-20-22-7-4-3-5-8-22/h3-5,7-8,17-19,21,23-25H,2,6,9-16,20H2,1H3. The van der Waals surface area contributed by atoms with Gasteiger partial charge in [-0.1, -0.05) is 69.0 Å². The molecule has 2 heteroatoms. The van der Waals surface area contributed by atoms with Gasteiger partial charge >= 0.3 is 0 Å². The van der Waals surface area contributed by atoms with Gasteiger partial charge in [0, 0.05) is 0 Å². The lowest BCUT2D eigenvalue weighted by molar-refractivity contribution is 0.156. The van der Waals surface area contributed by atoms with Crippen molar-refractivity contribution < 1.29 is 4.74 Å². The minimum atomic E-state index is 0.615. The molecule has 0 amide bonds. The highest BCUT2D eigenvalue weighted by molar-refractivity contribution is 9.10. The number of rotatable bonds is 7. The first kappa shape index (κ1) is 21.9. The number of hydrogen-bond acceptors (Lipinski definition) is 1. The minimum absolute atomic E-state index is 0.615. The summed E-state index contributed by atoms with van der Waals surface area (Å²) in [6.07, 6.45) is 14.4. The van der Waals surface area contributed by atoms with Crippen LogP contribution in [0.1, 0.15) is 88.2 Å². The molecule has 2 aromatic rings. The highest BCUT2D eigenvalue weighted by Crippen LogP contribution is 2.45. The van der Waals surface area contributed by atoms with E-state index in [2.05, 4.69) is 65.3 Å². The Bertz CT molecular complexity index is 770. The van der Waals surface area contributed by atoms with Gasteiger partial charge in [-0.15, -0.1) is 0 Å². The van der Waals surface area contributed by atoms with Crippen molar-refractivity contribution in [1.29, 1.82) is 0 Å². The fourth-order valence-corrected chi connectivity index (χ4v) is 6.41. The smallest absolute Gasteiger partial charge is 0.134 e. The molecule has 0 bridgehead atoms. The molecule has 0 aliphatic heterocycles. The SMILES string of the molecule is CCCC1CCC(C2CCC(c3ccc(OCc4ccccc4)c(Br)c3)CC2)CC1. The van der Waals surface area contributed by atoms with Crippen molar-refractivity contribution in [3.05, 3.63) is 64.1 Å². The lowest BCUT2D eigenvalue weighted by atomic mass is 9.68. The summed E-state index contributed by atoms with van der Waals surface area (Å²) in [7, 11) is 0. The van der Waals surface area contributed by atoms with Crippen molar-refractivity contribution in [1.82, 2.24) is 0 Å².